The van der Waals surface area contributed by atoms with Crippen LogP contribution in [0.4, 0.5) is 5.82 Å². The van der Waals surface area contributed by atoms with Gasteiger partial charge in [0.15, 0.2) is 0 Å². The average Bonchev–Trinajstić information content (AvgIpc) is 2.45. The number of nitrogens with zero attached hydrogens (tertiary/aromatic N) is 2. The molecule has 0 spiro atoms. The summed E-state index contributed by atoms with van der Waals surface area (Å²) in [5.74, 6) is 2.55. The molecule has 0 aliphatic rings. The molecule has 0 saturated carbocycles. The summed E-state index contributed by atoms with van der Waals surface area (Å²) in [5, 5.41) is 2.39. The van der Waals surface area contributed by atoms with Crippen LogP contribution < -0.4 is 4.90 Å². The Labute approximate surface area is 124 Å². The molecular weight excluding hydrogens is 276 g/mol. The SMILES string of the molecule is CSCC(C)N(C)c1nc(CCl)cc2ccccc12. The molecule has 1 atom stereocenters. The summed E-state index contributed by atoms with van der Waals surface area (Å²) in [6.45, 7) is 2.22. The van der Waals surface area contributed by atoms with Gasteiger partial charge in [0, 0.05) is 24.2 Å². The van der Waals surface area contributed by atoms with Crippen molar-refractivity contribution in [1.82, 2.24) is 4.98 Å². The van der Waals surface area contributed by atoms with Crippen molar-refractivity contribution in [1.29, 1.82) is 0 Å². The van der Waals surface area contributed by atoms with Crippen LogP contribution in [-0.4, -0.2) is 30.1 Å². The van der Waals surface area contributed by atoms with E-state index < -0.39 is 0 Å². The Bertz CT molecular complexity index is 559. The molecule has 1 heterocycles. The van der Waals surface area contributed by atoms with Gasteiger partial charge < -0.3 is 4.90 Å². The van der Waals surface area contributed by atoms with E-state index in [-0.39, 0.29) is 0 Å². The summed E-state index contributed by atoms with van der Waals surface area (Å²) >= 11 is 7.81. The number of benzene rings is 1. The number of hydrogen-bond acceptors (Lipinski definition) is 3. The highest BCUT2D eigenvalue weighted by molar-refractivity contribution is 7.98. The molecule has 0 N–H and O–H groups in total. The third kappa shape index (κ3) is 3.15. The van der Waals surface area contributed by atoms with Crippen molar-refractivity contribution in [3.05, 3.63) is 36.0 Å². The quantitative estimate of drug-likeness (QED) is 0.770. The second-order valence-corrected chi connectivity index (χ2v) is 5.89. The zero-order valence-corrected chi connectivity index (χ0v) is 13.1. The number of halogens is 1. The van der Waals surface area contributed by atoms with Gasteiger partial charge >= 0.3 is 0 Å². The molecule has 1 aromatic carbocycles. The van der Waals surface area contributed by atoms with Crippen LogP contribution >= 0.6 is 23.4 Å². The summed E-state index contributed by atoms with van der Waals surface area (Å²) in [5.41, 5.74) is 0.929. The van der Waals surface area contributed by atoms with Crippen molar-refractivity contribution >= 4 is 40.0 Å². The molecule has 0 saturated heterocycles. The maximum Gasteiger partial charge on any atom is 0.136 e. The first-order chi connectivity index (χ1) is 9.17. The van der Waals surface area contributed by atoms with Gasteiger partial charge in [-0.25, -0.2) is 4.98 Å². The molecule has 19 heavy (non-hydrogen) atoms. The van der Waals surface area contributed by atoms with Gasteiger partial charge in [-0.15, -0.1) is 11.6 Å². The molecule has 0 aliphatic carbocycles. The van der Waals surface area contributed by atoms with Gasteiger partial charge in [0.25, 0.3) is 0 Å². The van der Waals surface area contributed by atoms with Crippen LogP contribution in [0.2, 0.25) is 0 Å². The zero-order chi connectivity index (χ0) is 13.8. The second-order valence-electron chi connectivity index (χ2n) is 4.71. The van der Waals surface area contributed by atoms with E-state index in [1.165, 1.54) is 10.8 Å². The molecule has 102 valence electrons. The highest BCUT2D eigenvalue weighted by atomic mass is 35.5. The molecule has 0 amide bonds. The summed E-state index contributed by atoms with van der Waals surface area (Å²) < 4.78 is 0. The maximum absolute atomic E-state index is 5.96. The molecule has 2 rings (SSSR count). The molecule has 0 fully saturated rings. The monoisotopic (exact) mass is 294 g/mol. The summed E-state index contributed by atoms with van der Waals surface area (Å²) in [6.07, 6.45) is 2.13. The van der Waals surface area contributed by atoms with Gasteiger partial charge in [0.1, 0.15) is 5.82 Å². The van der Waals surface area contributed by atoms with E-state index >= 15 is 0 Å². The van der Waals surface area contributed by atoms with Gasteiger partial charge in [-0.2, -0.15) is 11.8 Å². The predicted octanol–water partition coefficient (Wildman–Crippen LogP) is 4.16. The Morgan fingerprint density at radius 1 is 1.37 bits per heavy atom. The van der Waals surface area contributed by atoms with Crippen LogP contribution in [0.25, 0.3) is 10.8 Å². The minimum atomic E-state index is 0.441. The van der Waals surface area contributed by atoms with E-state index in [9.17, 15) is 0 Å². The number of hydrogen-bond donors (Lipinski definition) is 0. The van der Waals surface area contributed by atoms with Crippen LogP contribution in [0.3, 0.4) is 0 Å². The Kier molecular flexibility index (Phi) is 4.94. The fourth-order valence-electron chi connectivity index (χ4n) is 2.13. The average molecular weight is 295 g/mol. The van der Waals surface area contributed by atoms with Crippen molar-refractivity contribution < 1.29 is 0 Å². The molecule has 2 aromatic rings. The molecule has 0 radical (unpaired) electrons. The summed E-state index contributed by atoms with van der Waals surface area (Å²) in [4.78, 5) is 6.95. The van der Waals surface area contributed by atoms with E-state index in [0.29, 0.717) is 11.9 Å². The predicted molar refractivity (Wildman–Crippen MR) is 87.5 cm³/mol. The fourth-order valence-corrected chi connectivity index (χ4v) is 2.98. The van der Waals surface area contributed by atoms with Crippen molar-refractivity contribution in [3.8, 4) is 0 Å². The van der Waals surface area contributed by atoms with E-state index in [4.69, 9.17) is 16.6 Å². The molecule has 1 unspecified atom stereocenters. The zero-order valence-electron chi connectivity index (χ0n) is 11.6. The third-order valence-corrected chi connectivity index (χ3v) is 4.40. The first-order valence-corrected chi connectivity index (χ1v) is 8.26. The standard InChI is InChI=1S/C15H19ClN2S/c1-11(10-19-3)18(2)15-14-7-5-4-6-12(14)8-13(9-16)17-15/h4-8,11H,9-10H2,1-3H3. The highest BCUT2D eigenvalue weighted by Crippen LogP contribution is 2.27. The lowest BCUT2D eigenvalue weighted by Gasteiger charge is -2.27. The molecule has 0 aliphatic heterocycles. The van der Waals surface area contributed by atoms with Crippen LogP contribution in [0.1, 0.15) is 12.6 Å². The fraction of sp³-hybridized carbons (Fsp3) is 0.400. The minimum Gasteiger partial charge on any atom is -0.356 e. The van der Waals surface area contributed by atoms with Crippen LogP contribution in [0, 0.1) is 0 Å². The molecule has 2 nitrogen and oxygen atoms in total. The highest BCUT2D eigenvalue weighted by Gasteiger charge is 2.14. The molecule has 4 heteroatoms. The lowest BCUT2D eigenvalue weighted by molar-refractivity contribution is 0.755. The maximum atomic E-state index is 5.96. The number of fused-ring (bicyclic) bond motifs is 1. The van der Waals surface area contributed by atoms with Gasteiger partial charge in [-0.05, 0) is 24.6 Å². The normalized spacial score (nSPS) is 12.6. The molecule has 1 aromatic heterocycles. The first-order valence-electron chi connectivity index (χ1n) is 6.33. The van der Waals surface area contributed by atoms with Crippen molar-refractivity contribution in [2.75, 3.05) is 24.0 Å². The summed E-state index contributed by atoms with van der Waals surface area (Å²) in [7, 11) is 2.10. The van der Waals surface area contributed by atoms with E-state index in [2.05, 4.69) is 55.5 Å². The number of anilines is 1. The smallest absolute Gasteiger partial charge is 0.136 e. The lowest BCUT2D eigenvalue weighted by Crippen LogP contribution is -2.31. The summed E-state index contributed by atoms with van der Waals surface area (Å²) in [6, 6.07) is 10.9. The van der Waals surface area contributed by atoms with Crippen molar-refractivity contribution in [2.45, 2.75) is 18.8 Å². The van der Waals surface area contributed by atoms with E-state index in [0.717, 1.165) is 17.3 Å². The number of pyridine rings is 1. The van der Waals surface area contributed by atoms with Crippen LogP contribution in [0.5, 0.6) is 0 Å². The van der Waals surface area contributed by atoms with Crippen molar-refractivity contribution in [2.24, 2.45) is 0 Å². The number of alkyl halides is 1. The van der Waals surface area contributed by atoms with Crippen molar-refractivity contribution in [3.63, 3.8) is 0 Å². The van der Waals surface area contributed by atoms with Gasteiger partial charge in [-0.1, -0.05) is 24.3 Å². The van der Waals surface area contributed by atoms with Gasteiger partial charge in [0.05, 0.1) is 11.6 Å². The first kappa shape index (κ1) is 14.5. The Morgan fingerprint density at radius 2 is 2.11 bits per heavy atom. The second kappa shape index (κ2) is 6.49. The van der Waals surface area contributed by atoms with Crippen LogP contribution in [0.15, 0.2) is 30.3 Å². The largest absolute Gasteiger partial charge is 0.356 e. The number of thioether (sulfide) groups is 1. The van der Waals surface area contributed by atoms with E-state index in [1.54, 1.807) is 0 Å². The minimum absolute atomic E-state index is 0.441. The number of rotatable bonds is 5. The lowest BCUT2D eigenvalue weighted by atomic mass is 10.1. The van der Waals surface area contributed by atoms with Crippen LogP contribution in [-0.2, 0) is 5.88 Å². The molecular formula is C15H19ClN2S. The topological polar surface area (TPSA) is 16.1 Å². The van der Waals surface area contributed by atoms with Gasteiger partial charge in [0.2, 0.25) is 0 Å². The Hall–Kier alpha value is -0.930. The third-order valence-electron chi connectivity index (χ3n) is 3.31. The number of aromatic nitrogens is 1. The molecule has 0 bridgehead atoms. The Morgan fingerprint density at radius 3 is 2.79 bits per heavy atom. The Balaban J connectivity index is 2.51. The van der Waals surface area contributed by atoms with E-state index in [1.807, 2.05) is 11.8 Å². The van der Waals surface area contributed by atoms with Gasteiger partial charge in [-0.3, -0.25) is 0 Å².